The molecule has 1 aromatic heterocycles. The number of hydrogen-bond acceptors (Lipinski definition) is 8. The number of alkyl carbamates (subject to hydrolysis) is 1. The molecule has 2 aromatic rings. The molecule has 11 heteroatoms. The summed E-state index contributed by atoms with van der Waals surface area (Å²) in [7, 11) is 0. The number of nitrogens with zero attached hydrogens (tertiary/aromatic N) is 1. The minimum absolute atomic E-state index is 0.0270. The molecule has 0 fully saturated rings. The molecule has 3 amide bonds. The molecule has 0 bridgehead atoms. The Morgan fingerprint density at radius 1 is 1.05 bits per heavy atom. The maximum Gasteiger partial charge on any atom is 0.407 e. The number of primary amides is 1. The number of benzene rings is 1. The number of amides is 3. The van der Waals surface area contributed by atoms with E-state index in [1.807, 2.05) is 12.1 Å². The van der Waals surface area contributed by atoms with Gasteiger partial charge in [-0.05, 0) is 65.7 Å². The summed E-state index contributed by atoms with van der Waals surface area (Å²) in [6.07, 6.45) is -0.424. The molecule has 0 spiro atoms. The summed E-state index contributed by atoms with van der Waals surface area (Å²) in [5.74, 6) is -0.774. The number of rotatable bonds is 10. The fraction of sp³-hybridized carbons (Fsp3) is 0.500. The lowest BCUT2D eigenvalue weighted by molar-refractivity contribution is -0.155. The maximum atomic E-state index is 13.1. The second-order valence-electron chi connectivity index (χ2n) is 11.3. The molecule has 1 aliphatic heterocycles. The van der Waals surface area contributed by atoms with Gasteiger partial charge in [0, 0.05) is 35.3 Å². The van der Waals surface area contributed by atoms with E-state index in [1.165, 1.54) is 16.2 Å². The molecule has 0 saturated carbocycles. The van der Waals surface area contributed by atoms with E-state index >= 15 is 0 Å². The SMILES string of the molecule is CC(C)(C)OC(=O)CCC(C(N)=O)N1Cc2c(csc2COc2ccc(CNC(=O)OC(C)(C)C)cc2)C1=O. The Labute approximate surface area is 232 Å². The average Bonchev–Trinajstić information content (AvgIpc) is 3.35. The van der Waals surface area contributed by atoms with Gasteiger partial charge in [0.05, 0.1) is 5.56 Å². The number of ether oxygens (including phenoxy) is 3. The van der Waals surface area contributed by atoms with Gasteiger partial charge in [0.15, 0.2) is 0 Å². The van der Waals surface area contributed by atoms with Crippen molar-refractivity contribution in [3.8, 4) is 5.75 Å². The standard InChI is InChI=1S/C28H37N3O7S/c1-27(2,3)37-23(32)12-11-21(24(29)33)31-14-19-20(25(31)34)16-39-22(19)15-36-18-9-7-17(8-10-18)13-30-26(35)38-28(4,5)6/h7-10,16,21H,11-15H2,1-6H3,(H2,29,33)(H,30,35). The van der Waals surface area contributed by atoms with Crippen LogP contribution in [0.5, 0.6) is 5.75 Å². The van der Waals surface area contributed by atoms with Gasteiger partial charge in [-0.3, -0.25) is 14.4 Å². The molecule has 0 aliphatic carbocycles. The molecule has 2 heterocycles. The first-order valence-corrected chi connectivity index (χ1v) is 13.6. The van der Waals surface area contributed by atoms with Crippen molar-refractivity contribution in [2.24, 2.45) is 5.73 Å². The number of thiophene rings is 1. The molecule has 1 atom stereocenters. The summed E-state index contributed by atoms with van der Waals surface area (Å²) in [6.45, 7) is 11.5. The third kappa shape index (κ3) is 8.71. The van der Waals surface area contributed by atoms with Crippen LogP contribution in [-0.2, 0) is 38.8 Å². The highest BCUT2D eigenvalue weighted by atomic mass is 32.1. The molecule has 1 aliphatic rings. The predicted molar refractivity (Wildman–Crippen MR) is 146 cm³/mol. The molecule has 212 valence electrons. The summed E-state index contributed by atoms with van der Waals surface area (Å²) < 4.78 is 16.5. The van der Waals surface area contributed by atoms with Crippen molar-refractivity contribution >= 4 is 35.2 Å². The van der Waals surface area contributed by atoms with Gasteiger partial charge in [-0.15, -0.1) is 11.3 Å². The summed E-state index contributed by atoms with van der Waals surface area (Å²) in [5, 5.41) is 4.47. The number of fused-ring (bicyclic) bond motifs is 1. The second kappa shape index (κ2) is 12.1. The Morgan fingerprint density at radius 2 is 1.69 bits per heavy atom. The van der Waals surface area contributed by atoms with E-state index in [0.717, 1.165) is 16.0 Å². The number of carbonyl (C=O) groups excluding carboxylic acids is 4. The van der Waals surface area contributed by atoms with Crippen molar-refractivity contribution in [1.29, 1.82) is 0 Å². The highest BCUT2D eigenvalue weighted by Gasteiger charge is 2.38. The molecule has 0 radical (unpaired) electrons. The Morgan fingerprint density at radius 3 is 2.28 bits per heavy atom. The van der Waals surface area contributed by atoms with Gasteiger partial charge in [0.2, 0.25) is 5.91 Å². The van der Waals surface area contributed by atoms with Crippen molar-refractivity contribution in [1.82, 2.24) is 10.2 Å². The summed E-state index contributed by atoms with van der Waals surface area (Å²) >= 11 is 1.42. The van der Waals surface area contributed by atoms with Crippen molar-refractivity contribution < 1.29 is 33.4 Å². The van der Waals surface area contributed by atoms with Crippen molar-refractivity contribution in [2.75, 3.05) is 0 Å². The third-order valence-electron chi connectivity index (χ3n) is 5.68. The monoisotopic (exact) mass is 559 g/mol. The first kappa shape index (κ1) is 29.9. The normalized spacial score (nSPS) is 14.0. The van der Waals surface area contributed by atoms with Gasteiger partial charge >= 0.3 is 12.1 Å². The van der Waals surface area contributed by atoms with E-state index in [0.29, 0.717) is 17.9 Å². The lowest BCUT2D eigenvalue weighted by Crippen LogP contribution is -2.45. The number of esters is 1. The summed E-state index contributed by atoms with van der Waals surface area (Å²) in [4.78, 5) is 51.5. The maximum absolute atomic E-state index is 13.1. The Balaban J connectivity index is 1.56. The van der Waals surface area contributed by atoms with Crippen LogP contribution in [-0.4, -0.2) is 46.0 Å². The van der Waals surface area contributed by atoms with Crippen LogP contribution >= 0.6 is 11.3 Å². The van der Waals surface area contributed by atoms with Gasteiger partial charge in [-0.1, -0.05) is 12.1 Å². The Bertz CT molecular complexity index is 1210. The Kier molecular flexibility index (Phi) is 9.26. The zero-order valence-corrected chi connectivity index (χ0v) is 24.1. The van der Waals surface area contributed by atoms with Crippen molar-refractivity contribution in [3.63, 3.8) is 0 Å². The van der Waals surface area contributed by atoms with E-state index in [4.69, 9.17) is 19.9 Å². The van der Waals surface area contributed by atoms with Crippen LogP contribution in [0.15, 0.2) is 29.6 Å². The zero-order chi connectivity index (χ0) is 29.0. The predicted octanol–water partition coefficient (Wildman–Crippen LogP) is 4.28. The van der Waals surface area contributed by atoms with Gasteiger partial charge in [0.25, 0.3) is 5.91 Å². The van der Waals surface area contributed by atoms with E-state index in [2.05, 4.69) is 5.32 Å². The highest BCUT2D eigenvalue weighted by molar-refractivity contribution is 7.10. The second-order valence-corrected chi connectivity index (χ2v) is 12.3. The van der Waals surface area contributed by atoms with E-state index < -0.39 is 35.2 Å². The number of hydrogen-bond donors (Lipinski definition) is 2. The largest absolute Gasteiger partial charge is 0.488 e. The van der Waals surface area contributed by atoms with Crippen molar-refractivity contribution in [2.45, 2.75) is 91.3 Å². The first-order valence-electron chi connectivity index (χ1n) is 12.7. The first-order chi connectivity index (χ1) is 18.1. The molecular weight excluding hydrogens is 522 g/mol. The molecule has 1 aromatic carbocycles. The topological polar surface area (TPSA) is 137 Å². The Hall–Kier alpha value is -3.60. The van der Waals surface area contributed by atoms with Gasteiger partial charge in [-0.25, -0.2) is 4.79 Å². The molecule has 1 unspecified atom stereocenters. The average molecular weight is 560 g/mol. The third-order valence-corrected chi connectivity index (χ3v) is 6.68. The fourth-order valence-electron chi connectivity index (χ4n) is 3.98. The van der Waals surface area contributed by atoms with E-state index in [9.17, 15) is 19.2 Å². The van der Waals surface area contributed by atoms with Gasteiger partial charge in [-0.2, -0.15) is 0 Å². The minimum atomic E-state index is -0.918. The van der Waals surface area contributed by atoms with E-state index in [-0.39, 0.29) is 31.9 Å². The number of carbonyl (C=O) groups is 4. The molecule has 3 rings (SSSR count). The van der Waals surface area contributed by atoms with E-state index in [1.54, 1.807) is 59.1 Å². The van der Waals surface area contributed by atoms with Crippen LogP contribution in [0.3, 0.4) is 0 Å². The lowest BCUT2D eigenvalue weighted by atomic mass is 10.1. The van der Waals surface area contributed by atoms with Crippen LogP contribution in [0.1, 0.15) is 80.7 Å². The van der Waals surface area contributed by atoms with Crippen LogP contribution < -0.4 is 15.8 Å². The van der Waals surface area contributed by atoms with Crippen LogP contribution in [0.4, 0.5) is 4.79 Å². The zero-order valence-electron chi connectivity index (χ0n) is 23.3. The number of nitrogens with one attached hydrogen (secondary N) is 1. The van der Waals surface area contributed by atoms with Crippen LogP contribution in [0.2, 0.25) is 0 Å². The molecular formula is C28H37N3O7S. The summed E-state index contributed by atoms with van der Waals surface area (Å²) in [6, 6.07) is 6.38. The van der Waals surface area contributed by atoms with Gasteiger partial charge in [0.1, 0.15) is 29.6 Å². The minimum Gasteiger partial charge on any atom is -0.488 e. The molecule has 10 nitrogen and oxygen atoms in total. The van der Waals surface area contributed by atoms with Crippen molar-refractivity contribution in [3.05, 3.63) is 51.2 Å². The summed E-state index contributed by atoms with van der Waals surface area (Å²) in [5.41, 5.74) is 6.61. The smallest absolute Gasteiger partial charge is 0.407 e. The molecule has 0 saturated heterocycles. The highest BCUT2D eigenvalue weighted by Crippen LogP contribution is 2.34. The van der Waals surface area contributed by atoms with Crippen LogP contribution in [0.25, 0.3) is 0 Å². The molecule has 3 N–H and O–H groups in total. The fourth-order valence-corrected chi connectivity index (χ4v) is 4.93. The molecule has 39 heavy (non-hydrogen) atoms. The van der Waals surface area contributed by atoms with Gasteiger partial charge < -0.3 is 30.2 Å². The van der Waals surface area contributed by atoms with Crippen LogP contribution in [0, 0.1) is 0 Å². The quantitative estimate of drug-likeness (QED) is 0.415. The lowest BCUT2D eigenvalue weighted by Gasteiger charge is -2.26. The number of nitrogens with two attached hydrogens (primary N) is 1.